The fourth-order valence-corrected chi connectivity index (χ4v) is 2.60. The first-order valence-electron chi connectivity index (χ1n) is 9.04. The molecule has 0 radical (unpaired) electrons. The molecule has 0 saturated carbocycles. The summed E-state index contributed by atoms with van der Waals surface area (Å²) in [7, 11) is 0. The lowest BCUT2D eigenvalue weighted by Gasteiger charge is -2.10. The van der Waals surface area contributed by atoms with Crippen LogP contribution in [0.5, 0.6) is 11.5 Å². The van der Waals surface area contributed by atoms with Crippen LogP contribution in [0.15, 0.2) is 72.0 Å². The zero-order valence-corrected chi connectivity index (χ0v) is 18.6. The molecule has 0 atom stereocenters. The lowest BCUT2D eigenvalue weighted by atomic mass is 10.0. The number of hydrogen-bond acceptors (Lipinski definition) is 3. The van der Waals surface area contributed by atoms with Crippen molar-refractivity contribution < 1.29 is 9.13 Å². The summed E-state index contributed by atoms with van der Waals surface area (Å²) in [6.45, 7) is 4.52. The number of aliphatic imine (C=N–C) groups is 1. The Kier molecular flexibility index (Phi) is 8.38. The highest BCUT2D eigenvalue weighted by Crippen LogP contribution is 2.24. The zero-order chi connectivity index (χ0) is 19.9. The first-order valence-corrected chi connectivity index (χ1v) is 9.04. The summed E-state index contributed by atoms with van der Waals surface area (Å²) in [5.41, 5.74) is 8.74. The van der Waals surface area contributed by atoms with Crippen LogP contribution >= 0.6 is 24.0 Å². The van der Waals surface area contributed by atoms with Crippen LogP contribution in [0, 0.1) is 5.82 Å². The number of nitrogens with one attached hydrogen (secondary N) is 1. The molecule has 0 fully saturated rings. The number of anilines is 1. The van der Waals surface area contributed by atoms with Gasteiger partial charge in [0.1, 0.15) is 5.75 Å². The summed E-state index contributed by atoms with van der Waals surface area (Å²) >= 11 is 0. The van der Waals surface area contributed by atoms with Crippen LogP contribution in [0.25, 0.3) is 0 Å². The molecular formula is C22H24FIN4O. The Bertz CT molecular complexity index is 964. The van der Waals surface area contributed by atoms with E-state index in [4.69, 9.17) is 10.5 Å². The Hall–Kier alpha value is -2.68. The van der Waals surface area contributed by atoms with Crippen molar-refractivity contribution in [3.05, 3.63) is 83.9 Å². The average Bonchev–Trinajstić information content (AvgIpc) is 2.69. The van der Waals surface area contributed by atoms with Crippen LogP contribution in [-0.2, 0) is 6.54 Å². The maximum Gasteiger partial charge on any atom is 0.193 e. The molecule has 7 heteroatoms. The maximum absolute atomic E-state index is 14.3. The minimum Gasteiger partial charge on any atom is -0.453 e. The first kappa shape index (κ1) is 22.6. The average molecular weight is 506 g/mol. The van der Waals surface area contributed by atoms with Crippen molar-refractivity contribution in [3.8, 4) is 11.5 Å². The number of hydrogen-bond donors (Lipinski definition) is 2. The molecule has 0 bridgehead atoms. The number of rotatable bonds is 6. The summed E-state index contributed by atoms with van der Waals surface area (Å²) in [5.74, 6) is 0.849. The number of nitrogens with zero attached hydrogens (tertiary/aromatic N) is 2. The van der Waals surface area contributed by atoms with E-state index in [0.29, 0.717) is 17.2 Å². The highest BCUT2D eigenvalue weighted by atomic mass is 127. The smallest absolute Gasteiger partial charge is 0.193 e. The van der Waals surface area contributed by atoms with Gasteiger partial charge in [0, 0.05) is 11.9 Å². The van der Waals surface area contributed by atoms with Crippen LogP contribution in [-0.4, -0.2) is 10.9 Å². The molecule has 3 aromatic rings. The Morgan fingerprint density at radius 1 is 1.17 bits per heavy atom. The van der Waals surface area contributed by atoms with Crippen molar-refractivity contribution in [2.24, 2.45) is 10.7 Å². The standard InChI is InChI=1S/C22H23FN4O.HI/c1-15(2)17-5-3-6-18(12-17)27-22(24)26-13-16-8-9-21(20(23)11-16)28-19-7-4-10-25-14-19;/h3-12,14-15H,13H2,1-2H3,(H3,24,26,27);1H. The van der Waals surface area contributed by atoms with E-state index < -0.39 is 5.82 Å². The monoisotopic (exact) mass is 506 g/mol. The fraction of sp³-hybridized carbons (Fsp3) is 0.182. The van der Waals surface area contributed by atoms with Crippen molar-refractivity contribution in [1.82, 2.24) is 4.98 Å². The van der Waals surface area contributed by atoms with E-state index in [1.807, 2.05) is 18.2 Å². The van der Waals surface area contributed by atoms with Crippen LogP contribution in [0.3, 0.4) is 0 Å². The molecule has 3 N–H and O–H groups in total. The number of pyridine rings is 1. The Morgan fingerprint density at radius 3 is 2.69 bits per heavy atom. The van der Waals surface area contributed by atoms with Gasteiger partial charge in [-0.2, -0.15) is 0 Å². The molecule has 2 aromatic carbocycles. The first-order chi connectivity index (χ1) is 13.5. The van der Waals surface area contributed by atoms with Crippen molar-refractivity contribution >= 4 is 35.6 Å². The SMILES string of the molecule is CC(C)c1cccc(NC(N)=NCc2ccc(Oc3cccnc3)c(F)c2)c1.I. The topological polar surface area (TPSA) is 72.5 Å². The minimum atomic E-state index is -0.465. The minimum absolute atomic E-state index is 0. The number of halogens is 2. The highest BCUT2D eigenvalue weighted by molar-refractivity contribution is 14.0. The summed E-state index contributed by atoms with van der Waals surface area (Å²) in [6, 6.07) is 16.2. The van der Waals surface area contributed by atoms with Gasteiger partial charge in [0.25, 0.3) is 0 Å². The van der Waals surface area contributed by atoms with Crippen molar-refractivity contribution in [2.75, 3.05) is 5.32 Å². The van der Waals surface area contributed by atoms with Gasteiger partial charge in [-0.15, -0.1) is 24.0 Å². The summed E-state index contributed by atoms with van der Waals surface area (Å²) in [4.78, 5) is 8.22. The predicted molar refractivity (Wildman–Crippen MR) is 126 cm³/mol. The second-order valence-electron chi connectivity index (χ2n) is 6.66. The van der Waals surface area contributed by atoms with Crippen LogP contribution in [0.1, 0.15) is 30.9 Å². The molecule has 0 amide bonds. The van der Waals surface area contributed by atoms with Gasteiger partial charge in [0.2, 0.25) is 0 Å². The third kappa shape index (κ3) is 6.70. The summed E-state index contributed by atoms with van der Waals surface area (Å²) in [5, 5.41) is 3.07. The molecule has 0 aliphatic rings. The Labute approximate surface area is 187 Å². The Balaban J connectivity index is 0.00000300. The quantitative estimate of drug-likeness (QED) is 0.256. The lowest BCUT2D eigenvalue weighted by Crippen LogP contribution is -2.22. The molecule has 5 nitrogen and oxygen atoms in total. The van der Waals surface area contributed by atoms with E-state index >= 15 is 0 Å². The van der Waals surface area contributed by atoms with E-state index in [1.165, 1.54) is 17.8 Å². The van der Waals surface area contributed by atoms with E-state index in [1.54, 1.807) is 30.5 Å². The van der Waals surface area contributed by atoms with Gasteiger partial charge < -0.3 is 15.8 Å². The van der Waals surface area contributed by atoms with Crippen molar-refractivity contribution in [2.45, 2.75) is 26.3 Å². The van der Waals surface area contributed by atoms with E-state index in [-0.39, 0.29) is 42.2 Å². The van der Waals surface area contributed by atoms with Gasteiger partial charge in [0.15, 0.2) is 17.5 Å². The third-order valence-corrected chi connectivity index (χ3v) is 4.12. The van der Waals surface area contributed by atoms with Crippen LogP contribution < -0.4 is 15.8 Å². The third-order valence-electron chi connectivity index (χ3n) is 4.12. The molecule has 152 valence electrons. The van der Waals surface area contributed by atoms with Gasteiger partial charge in [-0.3, -0.25) is 4.98 Å². The molecule has 0 aliphatic heterocycles. The van der Waals surface area contributed by atoms with Crippen molar-refractivity contribution in [1.29, 1.82) is 0 Å². The van der Waals surface area contributed by atoms with Gasteiger partial charge in [-0.25, -0.2) is 9.38 Å². The van der Waals surface area contributed by atoms with Crippen LogP contribution in [0.4, 0.5) is 10.1 Å². The second-order valence-corrected chi connectivity index (χ2v) is 6.66. The number of guanidine groups is 1. The van der Waals surface area contributed by atoms with E-state index in [2.05, 4.69) is 35.2 Å². The summed E-state index contributed by atoms with van der Waals surface area (Å²) < 4.78 is 19.8. The number of aromatic nitrogens is 1. The molecule has 3 rings (SSSR count). The van der Waals surface area contributed by atoms with Gasteiger partial charge in [-0.05, 0) is 53.4 Å². The lowest BCUT2D eigenvalue weighted by molar-refractivity contribution is 0.440. The fourth-order valence-electron chi connectivity index (χ4n) is 2.60. The zero-order valence-electron chi connectivity index (χ0n) is 16.3. The number of nitrogens with two attached hydrogens (primary N) is 1. The van der Waals surface area contributed by atoms with Crippen LogP contribution in [0.2, 0.25) is 0 Å². The molecule has 29 heavy (non-hydrogen) atoms. The normalized spacial score (nSPS) is 11.1. The molecule has 0 saturated heterocycles. The second kappa shape index (κ2) is 10.8. The maximum atomic E-state index is 14.3. The van der Waals surface area contributed by atoms with Gasteiger partial charge >= 0.3 is 0 Å². The highest BCUT2D eigenvalue weighted by Gasteiger charge is 2.07. The van der Waals surface area contributed by atoms with Gasteiger partial charge in [0.05, 0.1) is 12.7 Å². The largest absolute Gasteiger partial charge is 0.453 e. The van der Waals surface area contributed by atoms with E-state index in [0.717, 1.165) is 5.69 Å². The van der Waals surface area contributed by atoms with Crippen molar-refractivity contribution in [3.63, 3.8) is 0 Å². The molecule has 0 spiro atoms. The van der Waals surface area contributed by atoms with Gasteiger partial charge in [-0.1, -0.05) is 32.0 Å². The summed E-state index contributed by atoms with van der Waals surface area (Å²) in [6.07, 6.45) is 3.15. The number of benzene rings is 2. The molecule has 1 aromatic heterocycles. The molecule has 1 heterocycles. The molecular weight excluding hydrogens is 482 g/mol. The number of ether oxygens (including phenoxy) is 1. The predicted octanol–water partition coefficient (Wildman–Crippen LogP) is 5.68. The van der Waals surface area contributed by atoms with E-state index in [9.17, 15) is 4.39 Å². The molecule has 0 aliphatic carbocycles. The molecule has 0 unspecified atom stereocenters. The Morgan fingerprint density at radius 2 is 2.00 bits per heavy atom.